The van der Waals surface area contributed by atoms with Crippen molar-refractivity contribution in [3.63, 3.8) is 0 Å². The van der Waals surface area contributed by atoms with E-state index in [1.54, 1.807) is 0 Å². The smallest absolute Gasteiger partial charge is 0.103 e. The van der Waals surface area contributed by atoms with E-state index in [2.05, 4.69) is 55.3 Å². The summed E-state index contributed by atoms with van der Waals surface area (Å²) in [5, 5.41) is 8.53. The number of aromatic nitrogens is 3. The summed E-state index contributed by atoms with van der Waals surface area (Å²) < 4.78 is 1.91. The van der Waals surface area contributed by atoms with Crippen molar-refractivity contribution < 1.29 is 0 Å². The lowest BCUT2D eigenvalue weighted by molar-refractivity contribution is 0.665. The van der Waals surface area contributed by atoms with Crippen LogP contribution in [0.15, 0.2) is 24.3 Å². The van der Waals surface area contributed by atoms with Gasteiger partial charge in [-0.3, -0.25) is 0 Å². The summed E-state index contributed by atoms with van der Waals surface area (Å²) in [6.45, 7) is 6.33. The zero-order valence-corrected chi connectivity index (χ0v) is 11.9. The maximum Gasteiger partial charge on any atom is 0.103 e. The predicted octanol–water partition coefficient (Wildman–Crippen LogP) is 2.80. The Morgan fingerprint density at radius 3 is 2.32 bits per heavy atom. The first-order valence-corrected chi connectivity index (χ1v) is 7.00. The monoisotopic (exact) mass is 258 g/mol. The largest absolute Gasteiger partial charge is 0.323 e. The summed E-state index contributed by atoms with van der Waals surface area (Å²) >= 11 is 0. The Hall–Kier alpha value is -1.68. The molecule has 0 bridgehead atoms. The molecule has 0 aliphatic rings. The molecule has 4 nitrogen and oxygen atoms in total. The Bertz CT molecular complexity index is 528. The molecule has 0 saturated heterocycles. The van der Waals surface area contributed by atoms with Crippen LogP contribution in [-0.4, -0.2) is 15.0 Å². The van der Waals surface area contributed by atoms with Crippen molar-refractivity contribution in [1.82, 2.24) is 15.0 Å². The van der Waals surface area contributed by atoms with Crippen molar-refractivity contribution in [2.24, 2.45) is 5.73 Å². The minimum Gasteiger partial charge on any atom is -0.323 e. The van der Waals surface area contributed by atoms with Crippen LogP contribution in [0.3, 0.4) is 0 Å². The van der Waals surface area contributed by atoms with E-state index in [4.69, 9.17) is 5.73 Å². The van der Waals surface area contributed by atoms with Crippen molar-refractivity contribution in [3.05, 3.63) is 41.2 Å². The summed E-state index contributed by atoms with van der Waals surface area (Å²) in [5.74, 6) is 0. The molecule has 0 radical (unpaired) electrons. The average Bonchev–Trinajstić information content (AvgIpc) is 2.90. The third-order valence-corrected chi connectivity index (χ3v) is 3.51. The number of benzene rings is 1. The van der Waals surface area contributed by atoms with Gasteiger partial charge < -0.3 is 5.73 Å². The van der Waals surface area contributed by atoms with Crippen molar-refractivity contribution in [1.29, 1.82) is 0 Å². The standard InChI is InChI=1S/C15H22N4/c1-4-11-7-9-12(10-8-11)19-14(6-3)15(17-18-19)13(16)5-2/h7-10,13H,4-6,16H2,1-3H3. The first kappa shape index (κ1) is 13.7. The van der Waals surface area contributed by atoms with Crippen LogP contribution in [0.1, 0.15) is 50.2 Å². The number of nitrogens with two attached hydrogens (primary N) is 1. The van der Waals surface area contributed by atoms with Gasteiger partial charge in [0.25, 0.3) is 0 Å². The van der Waals surface area contributed by atoms with Gasteiger partial charge in [-0.25, -0.2) is 4.68 Å². The van der Waals surface area contributed by atoms with E-state index in [1.165, 1.54) is 5.56 Å². The number of hydrogen-bond acceptors (Lipinski definition) is 3. The Morgan fingerprint density at radius 1 is 1.11 bits per heavy atom. The van der Waals surface area contributed by atoms with E-state index < -0.39 is 0 Å². The second kappa shape index (κ2) is 5.97. The molecular formula is C15H22N4. The molecule has 0 aliphatic heterocycles. The number of nitrogens with zero attached hydrogens (tertiary/aromatic N) is 3. The molecule has 0 spiro atoms. The SMILES string of the molecule is CCc1ccc(-n2nnc(C(N)CC)c2CC)cc1. The van der Waals surface area contributed by atoms with Gasteiger partial charge in [-0.15, -0.1) is 5.10 Å². The van der Waals surface area contributed by atoms with Gasteiger partial charge >= 0.3 is 0 Å². The van der Waals surface area contributed by atoms with Gasteiger partial charge in [0.2, 0.25) is 0 Å². The molecule has 0 amide bonds. The fourth-order valence-electron chi connectivity index (χ4n) is 2.21. The van der Waals surface area contributed by atoms with Gasteiger partial charge in [-0.2, -0.15) is 0 Å². The van der Waals surface area contributed by atoms with E-state index in [1.807, 2.05) is 4.68 Å². The summed E-state index contributed by atoms with van der Waals surface area (Å²) in [5.41, 5.74) is 10.5. The molecule has 2 aromatic rings. The molecule has 0 aliphatic carbocycles. The van der Waals surface area contributed by atoms with E-state index in [9.17, 15) is 0 Å². The van der Waals surface area contributed by atoms with Gasteiger partial charge in [0.15, 0.2) is 0 Å². The van der Waals surface area contributed by atoms with Gasteiger partial charge in [-0.1, -0.05) is 38.1 Å². The second-order valence-corrected chi connectivity index (χ2v) is 4.72. The highest BCUT2D eigenvalue weighted by Crippen LogP contribution is 2.20. The molecule has 102 valence electrons. The lowest BCUT2D eigenvalue weighted by Gasteiger charge is -2.09. The molecule has 0 saturated carbocycles. The van der Waals surface area contributed by atoms with Gasteiger partial charge in [-0.05, 0) is 37.0 Å². The molecular weight excluding hydrogens is 236 g/mol. The highest BCUT2D eigenvalue weighted by Gasteiger charge is 2.17. The van der Waals surface area contributed by atoms with Crippen LogP contribution in [0, 0.1) is 0 Å². The predicted molar refractivity (Wildman–Crippen MR) is 77.3 cm³/mol. The maximum absolute atomic E-state index is 6.09. The van der Waals surface area contributed by atoms with E-state index in [0.29, 0.717) is 0 Å². The van der Waals surface area contributed by atoms with Crippen molar-refractivity contribution >= 4 is 0 Å². The third kappa shape index (κ3) is 2.68. The molecule has 1 unspecified atom stereocenters. The highest BCUT2D eigenvalue weighted by molar-refractivity contribution is 5.36. The fraction of sp³-hybridized carbons (Fsp3) is 0.467. The molecule has 0 fully saturated rings. The van der Waals surface area contributed by atoms with Crippen LogP contribution >= 0.6 is 0 Å². The summed E-state index contributed by atoms with van der Waals surface area (Å²) in [7, 11) is 0. The van der Waals surface area contributed by atoms with E-state index >= 15 is 0 Å². The van der Waals surface area contributed by atoms with Crippen molar-refractivity contribution in [3.8, 4) is 5.69 Å². The molecule has 4 heteroatoms. The third-order valence-electron chi connectivity index (χ3n) is 3.51. The number of rotatable bonds is 5. The molecule has 1 aromatic heterocycles. The van der Waals surface area contributed by atoms with Gasteiger partial charge in [0.05, 0.1) is 17.4 Å². The Balaban J connectivity index is 2.41. The molecule has 1 aromatic carbocycles. The second-order valence-electron chi connectivity index (χ2n) is 4.72. The van der Waals surface area contributed by atoms with Crippen LogP contribution in [0.2, 0.25) is 0 Å². The zero-order chi connectivity index (χ0) is 13.8. The zero-order valence-electron chi connectivity index (χ0n) is 11.9. The molecule has 2 rings (SSSR count). The van der Waals surface area contributed by atoms with Crippen LogP contribution in [0.5, 0.6) is 0 Å². The Morgan fingerprint density at radius 2 is 1.79 bits per heavy atom. The van der Waals surface area contributed by atoms with Crippen LogP contribution in [0.25, 0.3) is 5.69 Å². The normalized spacial score (nSPS) is 12.6. The van der Waals surface area contributed by atoms with E-state index in [0.717, 1.165) is 36.3 Å². The van der Waals surface area contributed by atoms with Gasteiger partial charge in [0.1, 0.15) is 5.69 Å². The number of aryl methyl sites for hydroxylation is 1. The van der Waals surface area contributed by atoms with Crippen LogP contribution < -0.4 is 5.73 Å². The lowest BCUT2D eigenvalue weighted by atomic mass is 10.1. The molecule has 2 N–H and O–H groups in total. The topological polar surface area (TPSA) is 56.7 Å². The summed E-state index contributed by atoms with van der Waals surface area (Å²) in [6, 6.07) is 8.42. The maximum atomic E-state index is 6.09. The molecule has 1 heterocycles. The molecule has 1 atom stereocenters. The van der Waals surface area contributed by atoms with Crippen molar-refractivity contribution in [2.45, 2.75) is 46.1 Å². The highest BCUT2D eigenvalue weighted by atomic mass is 15.4. The van der Waals surface area contributed by atoms with Crippen molar-refractivity contribution in [2.75, 3.05) is 0 Å². The first-order valence-electron chi connectivity index (χ1n) is 7.00. The van der Waals surface area contributed by atoms with E-state index in [-0.39, 0.29) is 6.04 Å². The van der Waals surface area contributed by atoms with Crippen LogP contribution in [-0.2, 0) is 12.8 Å². The first-order chi connectivity index (χ1) is 9.21. The fourth-order valence-corrected chi connectivity index (χ4v) is 2.21. The molecule has 19 heavy (non-hydrogen) atoms. The van der Waals surface area contributed by atoms with Crippen LogP contribution in [0.4, 0.5) is 0 Å². The minimum atomic E-state index is -0.0291. The Kier molecular flexibility index (Phi) is 4.32. The average molecular weight is 258 g/mol. The Labute approximate surface area is 114 Å². The lowest BCUT2D eigenvalue weighted by Crippen LogP contribution is -2.12. The summed E-state index contributed by atoms with van der Waals surface area (Å²) in [4.78, 5) is 0. The minimum absolute atomic E-state index is 0.0291. The van der Waals surface area contributed by atoms with Gasteiger partial charge in [0, 0.05) is 0 Å². The number of hydrogen-bond donors (Lipinski definition) is 1. The quantitative estimate of drug-likeness (QED) is 0.897. The summed E-state index contributed by atoms with van der Waals surface area (Å²) in [6.07, 6.45) is 2.80.